The number of nitriles is 2. The van der Waals surface area contributed by atoms with Crippen LogP contribution in [0.5, 0.6) is 5.75 Å². The quantitative estimate of drug-likeness (QED) is 0.866. The maximum Gasteiger partial charge on any atom is 0.243 e. The molecule has 1 heterocycles. The van der Waals surface area contributed by atoms with E-state index in [0.29, 0.717) is 22.9 Å². The van der Waals surface area contributed by atoms with E-state index in [2.05, 4.69) is 10.5 Å². The number of anilines is 1. The van der Waals surface area contributed by atoms with Gasteiger partial charge in [-0.05, 0) is 25.1 Å². The lowest BCUT2D eigenvalue weighted by molar-refractivity contribution is 0.544. The first-order chi connectivity index (χ1) is 10.2. The van der Waals surface area contributed by atoms with Gasteiger partial charge in [-0.15, -0.1) is 5.10 Å². The Kier molecular flexibility index (Phi) is 3.02. The number of nitrogens with one attached hydrogen (secondary N) is 1. The van der Waals surface area contributed by atoms with E-state index in [9.17, 15) is 0 Å². The fourth-order valence-electron chi connectivity index (χ4n) is 1.99. The van der Waals surface area contributed by atoms with E-state index in [4.69, 9.17) is 15.3 Å². The molecule has 100 valence electrons. The molecule has 2 aromatic rings. The molecular formula is C16H10N4O. The Labute approximate surface area is 121 Å². The van der Waals surface area contributed by atoms with Crippen LogP contribution in [0.25, 0.3) is 0 Å². The van der Waals surface area contributed by atoms with Gasteiger partial charge in [0.15, 0.2) is 5.75 Å². The average Bonchev–Trinajstić information content (AvgIpc) is 2.53. The number of aryl methyl sites for hydroxylation is 1. The van der Waals surface area contributed by atoms with Gasteiger partial charge >= 0.3 is 0 Å². The Morgan fingerprint density at radius 1 is 1.05 bits per heavy atom. The molecule has 1 N–H and O–H groups in total. The smallest absolute Gasteiger partial charge is 0.243 e. The van der Waals surface area contributed by atoms with Gasteiger partial charge in [0.1, 0.15) is 17.8 Å². The van der Waals surface area contributed by atoms with Crippen molar-refractivity contribution in [2.24, 2.45) is 5.10 Å². The lowest BCUT2D eigenvalue weighted by Gasteiger charge is -2.18. The van der Waals surface area contributed by atoms with Gasteiger partial charge in [-0.1, -0.05) is 17.7 Å². The van der Waals surface area contributed by atoms with E-state index in [1.807, 2.05) is 43.3 Å². The van der Waals surface area contributed by atoms with Crippen LogP contribution in [0.3, 0.4) is 0 Å². The third-order valence-corrected chi connectivity index (χ3v) is 3.14. The van der Waals surface area contributed by atoms with Crippen molar-refractivity contribution in [1.82, 2.24) is 0 Å². The van der Waals surface area contributed by atoms with Gasteiger partial charge in [-0.2, -0.15) is 10.5 Å². The summed E-state index contributed by atoms with van der Waals surface area (Å²) in [6.45, 7) is 2.00. The minimum absolute atomic E-state index is 0.281. The summed E-state index contributed by atoms with van der Waals surface area (Å²) in [5.41, 5.74) is 5.98. The second-order valence-corrected chi connectivity index (χ2v) is 4.61. The SMILES string of the molecule is Cc1ccc(C2=NNc3cc(C#N)c(C#N)cc3O2)cc1. The number of benzene rings is 2. The first kappa shape index (κ1) is 12.7. The topological polar surface area (TPSA) is 81.2 Å². The monoisotopic (exact) mass is 274 g/mol. The van der Waals surface area contributed by atoms with E-state index in [0.717, 1.165) is 11.1 Å². The lowest BCUT2D eigenvalue weighted by Crippen LogP contribution is -2.18. The molecule has 21 heavy (non-hydrogen) atoms. The average molecular weight is 274 g/mol. The lowest BCUT2D eigenvalue weighted by atomic mass is 10.1. The number of nitrogens with zero attached hydrogens (tertiary/aromatic N) is 3. The number of hydrogen-bond donors (Lipinski definition) is 1. The van der Waals surface area contributed by atoms with E-state index in [1.54, 1.807) is 12.1 Å². The summed E-state index contributed by atoms with van der Waals surface area (Å²) in [5, 5.41) is 22.2. The molecule has 5 heteroatoms. The molecule has 0 radical (unpaired) electrons. The largest absolute Gasteiger partial charge is 0.435 e. The summed E-state index contributed by atoms with van der Waals surface area (Å²) in [6, 6.07) is 14.8. The van der Waals surface area contributed by atoms with Crippen LogP contribution in [0.15, 0.2) is 41.5 Å². The van der Waals surface area contributed by atoms with Crippen LogP contribution in [0.4, 0.5) is 5.69 Å². The number of hydrazone groups is 1. The molecule has 0 amide bonds. The molecule has 2 aromatic carbocycles. The van der Waals surface area contributed by atoms with Crippen LogP contribution in [-0.4, -0.2) is 5.90 Å². The maximum absolute atomic E-state index is 9.06. The Morgan fingerprint density at radius 3 is 2.38 bits per heavy atom. The molecule has 0 bridgehead atoms. The summed E-state index contributed by atoms with van der Waals surface area (Å²) >= 11 is 0. The molecule has 1 aliphatic rings. The second-order valence-electron chi connectivity index (χ2n) is 4.61. The Balaban J connectivity index is 1.98. The molecule has 0 aromatic heterocycles. The van der Waals surface area contributed by atoms with Crippen molar-refractivity contribution < 1.29 is 4.74 Å². The third kappa shape index (κ3) is 2.29. The highest BCUT2D eigenvalue weighted by Crippen LogP contribution is 2.31. The van der Waals surface area contributed by atoms with Gasteiger partial charge in [-0.25, -0.2) is 0 Å². The van der Waals surface area contributed by atoms with E-state index in [-0.39, 0.29) is 5.56 Å². The molecule has 0 saturated carbocycles. The highest BCUT2D eigenvalue weighted by Gasteiger charge is 2.18. The second kappa shape index (κ2) is 4.99. The zero-order valence-electron chi connectivity index (χ0n) is 11.2. The molecule has 0 fully saturated rings. The molecule has 0 atom stereocenters. The molecule has 0 unspecified atom stereocenters. The predicted molar refractivity (Wildman–Crippen MR) is 77.8 cm³/mol. The van der Waals surface area contributed by atoms with Gasteiger partial charge < -0.3 is 4.74 Å². The van der Waals surface area contributed by atoms with Gasteiger partial charge in [-0.3, -0.25) is 5.43 Å². The molecule has 0 saturated heterocycles. The number of hydrogen-bond acceptors (Lipinski definition) is 5. The van der Waals surface area contributed by atoms with Crippen molar-refractivity contribution in [3.05, 3.63) is 58.7 Å². The van der Waals surface area contributed by atoms with Crippen LogP contribution in [0.2, 0.25) is 0 Å². The first-order valence-electron chi connectivity index (χ1n) is 6.28. The highest BCUT2D eigenvalue weighted by atomic mass is 16.5. The van der Waals surface area contributed by atoms with Gasteiger partial charge in [0, 0.05) is 11.6 Å². The summed E-state index contributed by atoms with van der Waals surface area (Å²) < 4.78 is 5.73. The summed E-state index contributed by atoms with van der Waals surface area (Å²) in [4.78, 5) is 0. The van der Waals surface area contributed by atoms with Crippen molar-refractivity contribution in [2.45, 2.75) is 6.92 Å². The molecular weight excluding hydrogens is 264 g/mol. The molecule has 5 nitrogen and oxygen atoms in total. The minimum atomic E-state index is 0.281. The minimum Gasteiger partial charge on any atom is -0.435 e. The highest BCUT2D eigenvalue weighted by molar-refractivity contribution is 5.98. The van der Waals surface area contributed by atoms with E-state index in [1.165, 1.54) is 0 Å². The maximum atomic E-state index is 9.06. The fraction of sp³-hybridized carbons (Fsp3) is 0.0625. The molecule has 3 rings (SSSR count). The normalized spacial score (nSPS) is 12.0. The van der Waals surface area contributed by atoms with E-state index >= 15 is 0 Å². The summed E-state index contributed by atoms with van der Waals surface area (Å²) in [5.74, 6) is 0.909. The van der Waals surface area contributed by atoms with Gasteiger partial charge in [0.25, 0.3) is 0 Å². The number of rotatable bonds is 1. The number of fused-ring (bicyclic) bond motifs is 1. The molecule has 0 spiro atoms. The fourth-order valence-corrected chi connectivity index (χ4v) is 1.99. The van der Waals surface area contributed by atoms with Crippen molar-refractivity contribution in [3.8, 4) is 17.9 Å². The zero-order chi connectivity index (χ0) is 14.8. The van der Waals surface area contributed by atoms with Crippen molar-refractivity contribution >= 4 is 11.6 Å². The zero-order valence-corrected chi connectivity index (χ0v) is 11.2. The summed E-state index contributed by atoms with van der Waals surface area (Å²) in [7, 11) is 0. The van der Waals surface area contributed by atoms with Crippen LogP contribution in [-0.2, 0) is 0 Å². The van der Waals surface area contributed by atoms with Crippen molar-refractivity contribution in [1.29, 1.82) is 10.5 Å². The van der Waals surface area contributed by atoms with E-state index < -0.39 is 0 Å². The van der Waals surface area contributed by atoms with Crippen molar-refractivity contribution in [2.75, 3.05) is 5.43 Å². The predicted octanol–water partition coefficient (Wildman–Crippen LogP) is 2.90. The van der Waals surface area contributed by atoms with Crippen LogP contribution >= 0.6 is 0 Å². The third-order valence-electron chi connectivity index (χ3n) is 3.14. The first-order valence-corrected chi connectivity index (χ1v) is 6.28. The van der Waals surface area contributed by atoms with Crippen LogP contribution in [0, 0.1) is 29.6 Å². The number of ether oxygens (including phenoxy) is 1. The van der Waals surface area contributed by atoms with Gasteiger partial charge in [0.05, 0.1) is 11.1 Å². The standard InChI is InChI=1S/C16H10N4O/c1-10-2-4-11(5-3-10)16-20-19-14-6-12(8-17)13(9-18)7-15(14)21-16/h2-7,19H,1H3. The van der Waals surface area contributed by atoms with Crippen molar-refractivity contribution in [3.63, 3.8) is 0 Å². The Hall–Kier alpha value is -3.31. The van der Waals surface area contributed by atoms with Crippen LogP contribution in [0.1, 0.15) is 22.3 Å². The molecule has 0 aliphatic carbocycles. The Bertz CT molecular complexity index is 823. The summed E-state index contributed by atoms with van der Waals surface area (Å²) in [6.07, 6.45) is 0. The van der Waals surface area contributed by atoms with Crippen LogP contribution < -0.4 is 10.2 Å². The Morgan fingerprint density at radius 2 is 1.71 bits per heavy atom. The molecule has 1 aliphatic heterocycles. The van der Waals surface area contributed by atoms with Gasteiger partial charge in [0.2, 0.25) is 5.90 Å².